The van der Waals surface area contributed by atoms with E-state index in [4.69, 9.17) is 0 Å². The molecule has 104 valence electrons. The van der Waals surface area contributed by atoms with Crippen LogP contribution in [0.4, 0.5) is 0 Å². The number of aromatic nitrogens is 1. The maximum absolute atomic E-state index is 12.4. The Morgan fingerprint density at radius 1 is 1.20 bits per heavy atom. The zero-order valence-electron chi connectivity index (χ0n) is 11.4. The van der Waals surface area contributed by atoms with E-state index in [2.05, 4.69) is 18.0 Å². The van der Waals surface area contributed by atoms with Crippen molar-refractivity contribution in [2.75, 3.05) is 11.5 Å². The van der Waals surface area contributed by atoms with E-state index in [9.17, 15) is 4.79 Å². The Morgan fingerprint density at radius 2 is 2.00 bits per heavy atom. The molecule has 2 atom stereocenters. The number of carbonyl (C=O) groups is 1. The summed E-state index contributed by atoms with van der Waals surface area (Å²) in [4.78, 5) is 17.0. The van der Waals surface area contributed by atoms with Gasteiger partial charge in [-0.25, -0.2) is 0 Å². The maximum atomic E-state index is 12.4. The van der Waals surface area contributed by atoms with Crippen molar-refractivity contribution in [3.63, 3.8) is 0 Å². The Morgan fingerprint density at radius 3 is 2.85 bits per heavy atom. The summed E-state index contributed by atoms with van der Waals surface area (Å²) < 4.78 is 0. The quantitative estimate of drug-likeness (QED) is 0.867. The number of pyridine rings is 1. The van der Waals surface area contributed by atoms with Gasteiger partial charge in [-0.15, -0.1) is 11.8 Å². The number of benzene rings is 1. The molecule has 3 rings (SSSR count). The Kier molecular flexibility index (Phi) is 4.32. The van der Waals surface area contributed by atoms with Crippen LogP contribution in [0.25, 0.3) is 10.9 Å². The summed E-state index contributed by atoms with van der Waals surface area (Å²) in [5.41, 5.74) is 1.86. The fourth-order valence-corrected chi connectivity index (χ4v) is 5.21. The van der Waals surface area contributed by atoms with Crippen LogP contribution in [0.15, 0.2) is 36.4 Å². The number of hydrogen-bond acceptors (Lipinski definition) is 4. The first kappa shape index (κ1) is 14.0. The number of para-hydroxylation sites is 1. The van der Waals surface area contributed by atoms with Gasteiger partial charge in [0.05, 0.1) is 10.8 Å². The minimum Gasteiger partial charge on any atom is -0.298 e. The third-order valence-corrected chi connectivity index (χ3v) is 6.66. The first-order valence-electron chi connectivity index (χ1n) is 6.84. The minimum atomic E-state index is 0.127. The average molecular weight is 303 g/mol. The van der Waals surface area contributed by atoms with Gasteiger partial charge in [0.2, 0.25) is 0 Å². The van der Waals surface area contributed by atoms with E-state index in [1.165, 1.54) is 0 Å². The zero-order chi connectivity index (χ0) is 13.9. The monoisotopic (exact) mass is 303 g/mol. The Labute approximate surface area is 127 Å². The molecular formula is C16H17NOS2. The Hall–Kier alpha value is -1.00. The Bertz CT molecular complexity index is 629. The molecule has 1 aromatic carbocycles. The van der Waals surface area contributed by atoms with Gasteiger partial charge in [-0.2, -0.15) is 11.8 Å². The van der Waals surface area contributed by atoms with Crippen LogP contribution in [-0.4, -0.2) is 32.8 Å². The standard InChI is InChI=1S/C16H17NOS2/c1-11-16(20-9-8-19-11)15(18)10-13-7-6-12-4-2-3-5-14(12)17-13/h2-7,11,16H,8-10H2,1H3. The molecule has 0 saturated carbocycles. The first-order chi connectivity index (χ1) is 9.74. The number of rotatable bonds is 3. The summed E-state index contributed by atoms with van der Waals surface area (Å²) in [5, 5.41) is 1.67. The summed E-state index contributed by atoms with van der Waals surface area (Å²) in [6, 6.07) is 12.1. The van der Waals surface area contributed by atoms with E-state index in [1.807, 2.05) is 42.1 Å². The van der Waals surface area contributed by atoms with Crippen LogP contribution >= 0.6 is 23.5 Å². The number of carbonyl (C=O) groups excluding carboxylic acids is 1. The molecule has 1 aliphatic heterocycles. The molecule has 4 heteroatoms. The van der Waals surface area contributed by atoms with E-state index in [0.29, 0.717) is 17.5 Å². The number of nitrogens with zero attached hydrogens (tertiary/aromatic N) is 1. The van der Waals surface area contributed by atoms with Crippen LogP contribution in [0.5, 0.6) is 0 Å². The van der Waals surface area contributed by atoms with Gasteiger partial charge in [0.25, 0.3) is 0 Å². The minimum absolute atomic E-state index is 0.127. The fraction of sp³-hybridized carbons (Fsp3) is 0.375. The highest BCUT2D eigenvalue weighted by Gasteiger charge is 2.28. The van der Waals surface area contributed by atoms with Gasteiger partial charge in [-0.3, -0.25) is 9.78 Å². The lowest BCUT2D eigenvalue weighted by Gasteiger charge is -2.26. The van der Waals surface area contributed by atoms with E-state index in [-0.39, 0.29) is 5.25 Å². The fourth-order valence-electron chi connectivity index (χ4n) is 2.47. The molecule has 20 heavy (non-hydrogen) atoms. The highest BCUT2D eigenvalue weighted by atomic mass is 32.2. The summed E-state index contributed by atoms with van der Waals surface area (Å²) in [7, 11) is 0. The van der Waals surface area contributed by atoms with Crippen molar-refractivity contribution in [2.45, 2.75) is 23.8 Å². The zero-order valence-corrected chi connectivity index (χ0v) is 13.0. The van der Waals surface area contributed by atoms with Crippen molar-refractivity contribution in [2.24, 2.45) is 0 Å². The maximum Gasteiger partial charge on any atom is 0.152 e. The van der Waals surface area contributed by atoms with Gasteiger partial charge in [0, 0.05) is 34.3 Å². The van der Waals surface area contributed by atoms with Crippen molar-refractivity contribution in [3.8, 4) is 0 Å². The predicted molar refractivity (Wildman–Crippen MR) is 88.6 cm³/mol. The lowest BCUT2D eigenvalue weighted by Crippen LogP contribution is -2.32. The van der Waals surface area contributed by atoms with Crippen molar-refractivity contribution >= 4 is 40.2 Å². The predicted octanol–water partition coefficient (Wildman–Crippen LogP) is 3.58. The molecule has 0 amide bonds. The van der Waals surface area contributed by atoms with Gasteiger partial charge in [-0.05, 0) is 12.1 Å². The van der Waals surface area contributed by atoms with Gasteiger partial charge in [0.1, 0.15) is 0 Å². The van der Waals surface area contributed by atoms with Crippen molar-refractivity contribution in [1.29, 1.82) is 0 Å². The van der Waals surface area contributed by atoms with Gasteiger partial charge >= 0.3 is 0 Å². The van der Waals surface area contributed by atoms with Crippen LogP contribution in [0.2, 0.25) is 0 Å². The van der Waals surface area contributed by atoms with Gasteiger partial charge in [0.15, 0.2) is 5.78 Å². The van der Waals surface area contributed by atoms with Gasteiger partial charge in [-0.1, -0.05) is 31.2 Å². The highest BCUT2D eigenvalue weighted by Crippen LogP contribution is 2.32. The first-order valence-corrected chi connectivity index (χ1v) is 8.94. The summed E-state index contributed by atoms with van der Waals surface area (Å²) in [6.45, 7) is 2.16. The molecule has 0 radical (unpaired) electrons. The lowest BCUT2D eigenvalue weighted by atomic mass is 10.1. The largest absolute Gasteiger partial charge is 0.298 e. The third-order valence-electron chi connectivity index (χ3n) is 3.52. The van der Waals surface area contributed by atoms with Crippen LogP contribution in [-0.2, 0) is 11.2 Å². The lowest BCUT2D eigenvalue weighted by molar-refractivity contribution is -0.117. The molecule has 2 aromatic rings. The molecule has 1 saturated heterocycles. The van der Waals surface area contributed by atoms with Crippen LogP contribution in [0.1, 0.15) is 12.6 Å². The molecule has 0 N–H and O–H groups in total. The molecule has 0 bridgehead atoms. The SMILES string of the molecule is CC1SCCSC1C(=O)Cc1ccc2ccccc2n1. The van der Waals surface area contributed by atoms with Crippen molar-refractivity contribution in [3.05, 3.63) is 42.1 Å². The molecule has 1 aliphatic rings. The van der Waals surface area contributed by atoms with E-state index < -0.39 is 0 Å². The van der Waals surface area contributed by atoms with Crippen LogP contribution < -0.4 is 0 Å². The summed E-state index contributed by atoms with van der Waals surface area (Å²) in [6.07, 6.45) is 0.452. The smallest absolute Gasteiger partial charge is 0.152 e. The number of thioether (sulfide) groups is 2. The number of hydrogen-bond donors (Lipinski definition) is 0. The van der Waals surface area contributed by atoms with Crippen LogP contribution in [0.3, 0.4) is 0 Å². The molecule has 1 fully saturated rings. The average Bonchev–Trinajstić information content (AvgIpc) is 2.47. The highest BCUT2D eigenvalue weighted by molar-refractivity contribution is 8.07. The summed E-state index contributed by atoms with van der Waals surface area (Å²) in [5.74, 6) is 2.55. The second-order valence-electron chi connectivity index (χ2n) is 5.01. The van der Waals surface area contributed by atoms with Crippen molar-refractivity contribution < 1.29 is 4.79 Å². The van der Waals surface area contributed by atoms with Crippen molar-refractivity contribution in [1.82, 2.24) is 4.98 Å². The Balaban J connectivity index is 1.76. The topological polar surface area (TPSA) is 30.0 Å². The molecule has 0 aliphatic carbocycles. The van der Waals surface area contributed by atoms with E-state index in [1.54, 1.807) is 11.8 Å². The molecule has 2 unspecified atom stereocenters. The van der Waals surface area contributed by atoms with E-state index >= 15 is 0 Å². The summed E-state index contributed by atoms with van der Waals surface area (Å²) >= 11 is 3.71. The van der Waals surface area contributed by atoms with E-state index in [0.717, 1.165) is 28.1 Å². The third kappa shape index (κ3) is 3.01. The molecule has 2 heterocycles. The molecule has 0 spiro atoms. The van der Waals surface area contributed by atoms with Gasteiger partial charge < -0.3 is 0 Å². The number of fused-ring (bicyclic) bond motifs is 1. The van der Waals surface area contributed by atoms with Crippen LogP contribution in [0, 0.1) is 0 Å². The number of ketones is 1. The number of Topliss-reactive ketones (excluding diaryl/α,β-unsaturated/α-hetero) is 1. The normalized spacial score (nSPS) is 22.9. The second kappa shape index (κ2) is 6.19. The second-order valence-corrected chi connectivity index (χ2v) is 7.74. The molecular weight excluding hydrogens is 286 g/mol. The molecule has 1 aromatic heterocycles. The molecule has 2 nitrogen and oxygen atoms in total.